The molecule has 1 aliphatic carbocycles. The van der Waals surface area contributed by atoms with Gasteiger partial charge in [-0.1, -0.05) is 33.1 Å². The highest BCUT2D eigenvalue weighted by Gasteiger charge is 2.17. The molecular weight excluding hydrogens is 176 g/mol. The van der Waals surface area contributed by atoms with Crippen molar-refractivity contribution in [2.24, 2.45) is 11.8 Å². The van der Waals surface area contributed by atoms with E-state index in [0.717, 1.165) is 11.8 Å². The summed E-state index contributed by atoms with van der Waals surface area (Å²) in [7, 11) is 0. The van der Waals surface area contributed by atoms with E-state index in [-0.39, 0.29) is 0 Å². The van der Waals surface area contributed by atoms with Gasteiger partial charge in [0.15, 0.2) is 0 Å². The van der Waals surface area contributed by atoms with Crippen LogP contribution in [0.1, 0.15) is 52.4 Å². The van der Waals surface area contributed by atoms with Gasteiger partial charge in [-0.3, -0.25) is 0 Å². The first-order chi connectivity index (χ1) is 6.33. The van der Waals surface area contributed by atoms with Gasteiger partial charge in [0, 0.05) is 0 Å². The van der Waals surface area contributed by atoms with Crippen LogP contribution in [0.2, 0.25) is 0 Å². The van der Waals surface area contributed by atoms with E-state index >= 15 is 0 Å². The average molecular weight is 200 g/mol. The molecule has 0 unspecified atom stereocenters. The van der Waals surface area contributed by atoms with E-state index in [1.165, 1.54) is 50.0 Å². The summed E-state index contributed by atoms with van der Waals surface area (Å²) >= 11 is 2.19. The number of rotatable bonds is 5. The molecule has 0 amide bonds. The van der Waals surface area contributed by atoms with E-state index < -0.39 is 0 Å². The highest BCUT2D eigenvalue weighted by atomic mass is 32.2. The number of thioether (sulfide) groups is 1. The summed E-state index contributed by atoms with van der Waals surface area (Å²) < 4.78 is 0. The predicted molar refractivity (Wildman–Crippen MR) is 63.4 cm³/mol. The minimum atomic E-state index is 1.01. The average Bonchev–Trinajstić information content (AvgIpc) is 2.15. The molecule has 0 spiro atoms. The smallest absolute Gasteiger partial charge is 0.00391 e. The first kappa shape index (κ1) is 11.4. The Bertz CT molecular complexity index is 114. The van der Waals surface area contributed by atoms with Crippen molar-refractivity contribution in [2.75, 3.05) is 11.5 Å². The van der Waals surface area contributed by atoms with Crippen LogP contribution in [-0.2, 0) is 0 Å². The topological polar surface area (TPSA) is 0 Å². The molecule has 0 N–H and O–H groups in total. The van der Waals surface area contributed by atoms with Crippen molar-refractivity contribution in [3.8, 4) is 0 Å². The van der Waals surface area contributed by atoms with Crippen molar-refractivity contribution < 1.29 is 0 Å². The monoisotopic (exact) mass is 200 g/mol. The Morgan fingerprint density at radius 3 is 2.46 bits per heavy atom. The zero-order chi connectivity index (χ0) is 9.52. The second kappa shape index (κ2) is 6.75. The van der Waals surface area contributed by atoms with Gasteiger partial charge < -0.3 is 0 Å². The van der Waals surface area contributed by atoms with Crippen molar-refractivity contribution in [3.05, 3.63) is 0 Å². The van der Waals surface area contributed by atoms with Crippen LogP contribution in [0.4, 0.5) is 0 Å². The van der Waals surface area contributed by atoms with E-state index in [4.69, 9.17) is 0 Å². The zero-order valence-corrected chi connectivity index (χ0v) is 10.0. The summed E-state index contributed by atoms with van der Waals surface area (Å²) in [6.45, 7) is 4.68. The molecule has 0 aromatic carbocycles. The molecule has 0 nitrogen and oxygen atoms in total. The Morgan fingerprint density at radius 1 is 1.15 bits per heavy atom. The molecule has 13 heavy (non-hydrogen) atoms. The van der Waals surface area contributed by atoms with Gasteiger partial charge >= 0.3 is 0 Å². The predicted octanol–water partition coefficient (Wildman–Crippen LogP) is 4.35. The maximum absolute atomic E-state index is 2.40. The third-order valence-corrected chi connectivity index (χ3v) is 4.42. The van der Waals surface area contributed by atoms with Gasteiger partial charge in [-0.05, 0) is 42.6 Å². The summed E-state index contributed by atoms with van der Waals surface area (Å²) in [5.41, 5.74) is 0. The number of unbranched alkanes of at least 4 members (excludes halogenated alkanes) is 1. The highest BCUT2D eigenvalue weighted by Crippen LogP contribution is 2.30. The summed E-state index contributed by atoms with van der Waals surface area (Å²) in [5, 5.41) is 0. The van der Waals surface area contributed by atoms with E-state index in [1.54, 1.807) is 0 Å². The van der Waals surface area contributed by atoms with Crippen LogP contribution < -0.4 is 0 Å². The molecule has 0 heterocycles. The van der Waals surface area contributed by atoms with E-state index in [9.17, 15) is 0 Å². The standard InChI is InChI=1S/C12H24S/c1-3-4-9-13-10-12-7-5-11(2)6-8-12/h11-12H,3-10H2,1-2H3. The first-order valence-electron chi connectivity index (χ1n) is 5.90. The van der Waals surface area contributed by atoms with Crippen molar-refractivity contribution >= 4 is 11.8 Å². The second-order valence-electron chi connectivity index (χ2n) is 4.55. The van der Waals surface area contributed by atoms with Crippen molar-refractivity contribution in [1.29, 1.82) is 0 Å². The SMILES string of the molecule is CCCCSCC1CCC(C)CC1. The molecule has 78 valence electrons. The molecule has 1 fully saturated rings. The molecule has 1 saturated carbocycles. The molecule has 0 atom stereocenters. The van der Waals surface area contributed by atoms with Crippen LogP contribution >= 0.6 is 11.8 Å². The van der Waals surface area contributed by atoms with E-state index in [0.29, 0.717) is 0 Å². The molecule has 0 bridgehead atoms. The Labute approximate surface area is 87.9 Å². The Kier molecular flexibility index (Phi) is 5.93. The first-order valence-corrected chi connectivity index (χ1v) is 7.06. The lowest BCUT2D eigenvalue weighted by Crippen LogP contribution is -2.14. The normalized spacial score (nSPS) is 29.1. The maximum Gasteiger partial charge on any atom is -0.00391 e. The minimum absolute atomic E-state index is 1.01. The molecule has 0 saturated heterocycles. The second-order valence-corrected chi connectivity index (χ2v) is 5.70. The van der Waals surface area contributed by atoms with Gasteiger partial charge in [-0.15, -0.1) is 0 Å². The number of hydrogen-bond acceptors (Lipinski definition) is 1. The largest absolute Gasteiger partial charge is 0.162 e. The fourth-order valence-electron chi connectivity index (χ4n) is 1.99. The summed E-state index contributed by atoms with van der Waals surface area (Å²) in [6, 6.07) is 0. The molecular formula is C12H24S. The Morgan fingerprint density at radius 2 is 1.85 bits per heavy atom. The fourth-order valence-corrected chi connectivity index (χ4v) is 3.32. The van der Waals surface area contributed by atoms with Crippen molar-refractivity contribution in [2.45, 2.75) is 52.4 Å². The Hall–Kier alpha value is 0.350. The van der Waals surface area contributed by atoms with Gasteiger partial charge in [-0.2, -0.15) is 11.8 Å². The maximum atomic E-state index is 2.40. The summed E-state index contributed by atoms with van der Waals surface area (Å²) in [5.74, 6) is 4.89. The molecule has 1 aliphatic rings. The van der Waals surface area contributed by atoms with Crippen LogP contribution in [0.25, 0.3) is 0 Å². The van der Waals surface area contributed by atoms with Crippen LogP contribution in [0.3, 0.4) is 0 Å². The van der Waals surface area contributed by atoms with Gasteiger partial charge in [0.25, 0.3) is 0 Å². The molecule has 0 aromatic heterocycles. The lowest BCUT2D eigenvalue weighted by Gasteiger charge is -2.25. The summed E-state index contributed by atoms with van der Waals surface area (Å²) in [6.07, 6.45) is 8.74. The molecule has 1 rings (SSSR count). The van der Waals surface area contributed by atoms with E-state index in [1.807, 2.05) is 0 Å². The van der Waals surface area contributed by atoms with Crippen molar-refractivity contribution in [1.82, 2.24) is 0 Å². The lowest BCUT2D eigenvalue weighted by molar-refractivity contribution is 0.311. The lowest BCUT2D eigenvalue weighted by atomic mass is 9.84. The van der Waals surface area contributed by atoms with Crippen LogP contribution in [0.5, 0.6) is 0 Å². The highest BCUT2D eigenvalue weighted by molar-refractivity contribution is 7.99. The molecule has 0 aromatic rings. The summed E-state index contributed by atoms with van der Waals surface area (Å²) in [4.78, 5) is 0. The Balaban J connectivity index is 1.96. The molecule has 0 aliphatic heterocycles. The minimum Gasteiger partial charge on any atom is -0.162 e. The van der Waals surface area contributed by atoms with Crippen LogP contribution in [-0.4, -0.2) is 11.5 Å². The van der Waals surface area contributed by atoms with Gasteiger partial charge in [0.1, 0.15) is 0 Å². The van der Waals surface area contributed by atoms with Gasteiger partial charge in [0.05, 0.1) is 0 Å². The quantitative estimate of drug-likeness (QED) is 0.595. The third kappa shape index (κ3) is 4.95. The van der Waals surface area contributed by atoms with E-state index in [2.05, 4.69) is 25.6 Å². The fraction of sp³-hybridized carbons (Fsp3) is 1.00. The van der Waals surface area contributed by atoms with Crippen LogP contribution in [0.15, 0.2) is 0 Å². The number of hydrogen-bond donors (Lipinski definition) is 0. The zero-order valence-electron chi connectivity index (χ0n) is 9.22. The van der Waals surface area contributed by atoms with Crippen LogP contribution in [0, 0.1) is 11.8 Å². The van der Waals surface area contributed by atoms with Gasteiger partial charge in [0.2, 0.25) is 0 Å². The van der Waals surface area contributed by atoms with Crippen molar-refractivity contribution in [3.63, 3.8) is 0 Å². The van der Waals surface area contributed by atoms with Gasteiger partial charge in [-0.25, -0.2) is 0 Å². The third-order valence-electron chi connectivity index (χ3n) is 3.13. The molecule has 1 heteroatoms. The molecule has 0 radical (unpaired) electrons.